The number of rotatable bonds is 4. The molecule has 20 heavy (non-hydrogen) atoms. The molecule has 0 bridgehead atoms. The average Bonchev–Trinajstić information content (AvgIpc) is 3.00. The maximum atomic E-state index is 12.1. The average molecular weight is 275 g/mol. The highest BCUT2D eigenvalue weighted by Crippen LogP contribution is 2.25. The van der Waals surface area contributed by atoms with Crippen LogP contribution in [0.3, 0.4) is 0 Å². The molecule has 1 saturated heterocycles. The van der Waals surface area contributed by atoms with Gasteiger partial charge in [-0.25, -0.2) is 0 Å². The lowest BCUT2D eigenvalue weighted by Gasteiger charge is -2.27. The third-order valence-corrected chi connectivity index (χ3v) is 3.95. The molecule has 5 nitrogen and oxygen atoms in total. The molecule has 1 aromatic carbocycles. The van der Waals surface area contributed by atoms with Crippen LogP contribution in [0.2, 0.25) is 0 Å². The number of nitrogens with one attached hydrogen (secondary N) is 3. The Morgan fingerprint density at radius 1 is 1.35 bits per heavy atom. The summed E-state index contributed by atoms with van der Waals surface area (Å²) in [5, 5.41) is 9.57. The lowest BCUT2D eigenvalue weighted by molar-refractivity contribution is -0.121. The van der Waals surface area contributed by atoms with Crippen molar-refractivity contribution in [2.24, 2.45) is 5.92 Å². The molecule has 2 aliphatic rings. The Bertz CT molecular complexity index is 472. The molecule has 1 fully saturated rings. The molecule has 108 valence electrons. The van der Waals surface area contributed by atoms with Gasteiger partial charge in [-0.3, -0.25) is 4.79 Å². The number of hydrogen-bond acceptors (Lipinski definition) is 4. The van der Waals surface area contributed by atoms with Crippen molar-refractivity contribution in [1.82, 2.24) is 5.32 Å². The van der Waals surface area contributed by atoms with E-state index in [9.17, 15) is 4.79 Å². The zero-order valence-corrected chi connectivity index (χ0v) is 11.5. The fourth-order valence-electron chi connectivity index (χ4n) is 2.71. The van der Waals surface area contributed by atoms with Crippen LogP contribution in [0.5, 0.6) is 0 Å². The zero-order chi connectivity index (χ0) is 13.8. The maximum absolute atomic E-state index is 12.1. The van der Waals surface area contributed by atoms with Gasteiger partial charge in [0.1, 0.15) is 6.04 Å². The minimum absolute atomic E-state index is 0.0610. The van der Waals surface area contributed by atoms with Crippen LogP contribution in [0.25, 0.3) is 0 Å². The maximum Gasteiger partial charge on any atom is 0.244 e. The molecule has 0 spiro atoms. The Morgan fingerprint density at radius 2 is 2.20 bits per heavy atom. The second-order valence-corrected chi connectivity index (χ2v) is 5.43. The highest BCUT2D eigenvalue weighted by molar-refractivity contribution is 5.88. The molecule has 0 aliphatic carbocycles. The number of amides is 1. The fraction of sp³-hybridized carbons (Fsp3) is 0.533. The quantitative estimate of drug-likeness (QED) is 0.778. The van der Waals surface area contributed by atoms with Crippen LogP contribution in [-0.2, 0) is 9.53 Å². The van der Waals surface area contributed by atoms with E-state index in [0.29, 0.717) is 12.5 Å². The monoisotopic (exact) mass is 275 g/mol. The molecule has 0 radical (unpaired) electrons. The summed E-state index contributed by atoms with van der Waals surface area (Å²) in [5.41, 5.74) is 2.04. The van der Waals surface area contributed by atoms with Gasteiger partial charge >= 0.3 is 0 Å². The predicted octanol–water partition coefficient (Wildman–Crippen LogP) is 1.44. The van der Waals surface area contributed by atoms with Crippen LogP contribution in [0, 0.1) is 5.92 Å². The molecule has 1 aromatic rings. The van der Waals surface area contributed by atoms with Crippen LogP contribution in [-0.4, -0.2) is 38.3 Å². The number of carbonyl (C=O) groups is 1. The number of anilines is 2. The van der Waals surface area contributed by atoms with Crippen molar-refractivity contribution >= 4 is 17.3 Å². The second kappa shape index (κ2) is 6.13. The highest BCUT2D eigenvalue weighted by atomic mass is 16.5. The van der Waals surface area contributed by atoms with E-state index in [2.05, 4.69) is 16.0 Å². The minimum atomic E-state index is -0.204. The van der Waals surface area contributed by atoms with Crippen molar-refractivity contribution in [2.45, 2.75) is 18.9 Å². The van der Waals surface area contributed by atoms with Crippen molar-refractivity contribution in [1.29, 1.82) is 0 Å². The van der Waals surface area contributed by atoms with Gasteiger partial charge in [0.05, 0.1) is 11.4 Å². The summed E-state index contributed by atoms with van der Waals surface area (Å²) in [5.74, 6) is 0.666. The number of ether oxygens (including phenoxy) is 1. The first-order chi connectivity index (χ1) is 9.83. The topological polar surface area (TPSA) is 62.4 Å². The molecule has 0 aromatic heterocycles. The first-order valence-electron chi connectivity index (χ1n) is 7.28. The molecule has 2 atom stereocenters. The summed E-state index contributed by atoms with van der Waals surface area (Å²) in [6.45, 7) is 3.05. The second-order valence-electron chi connectivity index (χ2n) is 5.43. The van der Waals surface area contributed by atoms with Crippen molar-refractivity contribution in [3.63, 3.8) is 0 Å². The SMILES string of the molecule is O=C(NCCC1CCOC1)C1CNc2ccccc2N1. The third kappa shape index (κ3) is 3.04. The van der Waals surface area contributed by atoms with E-state index in [1.165, 1.54) is 0 Å². The van der Waals surface area contributed by atoms with E-state index >= 15 is 0 Å². The zero-order valence-electron chi connectivity index (χ0n) is 11.5. The molecular formula is C15H21N3O2. The Hall–Kier alpha value is -1.75. The van der Waals surface area contributed by atoms with Crippen LogP contribution in [0.4, 0.5) is 11.4 Å². The molecule has 1 amide bonds. The molecule has 2 heterocycles. The third-order valence-electron chi connectivity index (χ3n) is 3.95. The first-order valence-corrected chi connectivity index (χ1v) is 7.28. The number of benzene rings is 1. The Kier molecular flexibility index (Phi) is 4.06. The van der Waals surface area contributed by atoms with E-state index in [0.717, 1.165) is 44.0 Å². The molecule has 3 rings (SSSR count). The Labute approximate surface area is 119 Å². The summed E-state index contributed by atoms with van der Waals surface area (Å²) in [7, 11) is 0. The van der Waals surface area contributed by atoms with E-state index < -0.39 is 0 Å². The highest BCUT2D eigenvalue weighted by Gasteiger charge is 2.23. The Balaban J connectivity index is 1.46. The molecule has 0 saturated carbocycles. The van der Waals surface area contributed by atoms with E-state index in [-0.39, 0.29) is 11.9 Å². The molecule has 3 N–H and O–H groups in total. The largest absolute Gasteiger partial charge is 0.381 e. The van der Waals surface area contributed by atoms with Gasteiger partial charge in [-0.15, -0.1) is 0 Å². The number of hydrogen-bond donors (Lipinski definition) is 3. The van der Waals surface area contributed by atoms with Gasteiger partial charge in [0.2, 0.25) is 5.91 Å². The lowest BCUT2D eigenvalue weighted by atomic mass is 10.1. The van der Waals surface area contributed by atoms with E-state index in [1.807, 2.05) is 24.3 Å². The van der Waals surface area contributed by atoms with Crippen LogP contribution < -0.4 is 16.0 Å². The van der Waals surface area contributed by atoms with Gasteiger partial charge < -0.3 is 20.7 Å². The van der Waals surface area contributed by atoms with E-state index in [1.54, 1.807) is 0 Å². The summed E-state index contributed by atoms with van der Waals surface area (Å²) in [4.78, 5) is 12.1. The number of para-hydroxylation sites is 2. The van der Waals surface area contributed by atoms with Gasteiger partial charge in [0.15, 0.2) is 0 Å². The fourth-order valence-corrected chi connectivity index (χ4v) is 2.71. The molecule has 2 unspecified atom stereocenters. The van der Waals surface area contributed by atoms with Gasteiger partial charge in [0, 0.05) is 26.3 Å². The van der Waals surface area contributed by atoms with Crippen LogP contribution in [0.1, 0.15) is 12.8 Å². The summed E-state index contributed by atoms with van der Waals surface area (Å²) in [6.07, 6.45) is 2.12. The standard InChI is InChI=1S/C15H21N3O2/c19-15(16-7-5-11-6-8-20-10-11)14-9-17-12-3-1-2-4-13(12)18-14/h1-4,11,14,17-18H,5-10H2,(H,16,19). The summed E-state index contributed by atoms with van der Waals surface area (Å²) >= 11 is 0. The van der Waals surface area contributed by atoms with Gasteiger partial charge in [-0.2, -0.15) is 0 Å². The van der Waals surface area contributed by atoms with Crippen LogP contribution in [0.15, 0.2) is 24.3 Å². The van der Waals surface area contributed by atoms with Crippen molar-refractivity contribution in [3.8, 4) is 0 Å². The summed E-state index contributed by atoms with van der Waals surface area (Å²) < 4.78 is 5.33. The minimum Gasteiger partial charge on any atom is -0.381 e. The van der Waals surface area contributed by atoms with Crippen molar-refractivity contribution in [2.75, 3.05) is 36.9 Å². The molecule has 5 heteroatoms. The molecule has 2 aliphatic heterocycles. The summed E-state index contributed by atoms with van der Waals surface area (Å²) in [6, 6.07) is 7.74. The normalized spacial score (nSPS) is 24.4. The Morgan fingerprint density at radius 3 is 3.00 bits per heavy atom. The predicted molar refractivity (Wildman–Crippen MR) is 78.9 cm³/mol. The smallest absolute Gasteiger partial charge is 0.244 e. The molecular weight excluding hydrogens is 254 g/mol. The lowest BCUT2D eigenvalue weighted by Crippen LogP contribution is -2.46. The number of carbonyl (C=O) groups excluding carboxylic acids is 1. The van der Waals surface area contributed by atoms with Gasteiger partial charge in [-0.05, 0) is 30.9 Å². The van der Waals surface area contributed by atoms with Crippen molar-refractivity contribution in [3.05, 3.63) is 24.3 Å². The van der Waals surface area contributed by atoms with Crippen molar-refractivity contribution < 1.29 is 9.53 Å². The van der Waals surface area contributed by atoms with Gasteiger partial charge in [-0.1, -0.05) is 12.1 Å². The van der Waals surface area contributed by atoms with Crippen LogP contribution >= 0.6 is 0 Å². The number of fused-ring (bicyclic) bond motifs is 1. The van der Waals surface area contributed by atoms with E-state index in [4.69, 9.17) is 4.74 Å². The van der Waals surface area contributed by atoms with Gasteiger partial charge in [0.25, 0.3) is 0 Å². The first kappa shape index (κ1) is 13.2.